The smallest absolute Gasteiger partial charge is 0.264 e. The molecule has 0 saturated heterocycles. The van der Waals surface area contributed by atoms with Gasteiger partial charge in [-0.1, -0.05) is 47.5 Å². The number of nitrogens with one attached hydrogen (secondary N) is 1. The van der Waals surface area contributed by atoms with E-state index >= 15 is 0 Å². The summed E-state index contributed by atoms with van der Waals surface area (Å²) in [5.74, 6) is 0.363. The summed E-state index contributed by atoms with van der Waals surface area (Å²) in [6.45, 7) is 11.3. The highest BCUT2D eigenvalue weighted by Gasteiger charge is 2.36. The maximum absolute atomic E-state index is 13.8. The van der Waals surface area contributed by atoms with Gasteiger partial charge in [-0.15, -0.1) is 0 Å². The number of aryl methyl sites for hydroxylation is 4. The second-order valence-electron chi connectivity index (χ2n) is 10.3. The van der Waals surface area contributed by atoms with Gasteiger partial charge in [0, 0.05) is 12.0 Å². The van der Waals surface area contributed by atoms with Gasteiger partial charge in [-0.3, -0.25) is 9.10 Å². The van der Waals surface area contributed by atoms with Crippen LogP contribution in [0.5, 0.6) is 5.75 Å². The fourth-order valence-corrected chi connectivity index (χ4v) is 6.08. The number of rotatable bonds is 6. The van der Waals surface area contributed by atoms with Crippen LogP contribution < -0.4 is 14.4 Å². The van der Waals surface area contributed by atoms with E-state index in [-0.39, 0.29) is 23.4 Å². The minimum Gasteiger partial charge on any atom is -0.487 e. The van der Waals surface area contributed by atoms with Crippen LogP contribution in [-0.4, -0.2) is 26.5 Å². The molecule has 0 spiro atoms. The average Bonchev–Trinajstić information content (AvgIpc) is 2.79. The third-order valence-corrected chi connectivity index (χ3v) is 8.26. The summed E-state index contributed by atoms with van der Waals surface area (Å²) >= 11 is 0. The molecule has 7 heteroatoms. The molecule has 3 aromatic carbocycles. The SMILES string of the molecule is Cc1ccc(S(=O)(=O)N(CC(=O)NC2CC(C)(C)Oc3ccc(C)cc32)c2cc(C)ccc2C)cc1. The van der Waals surface area contributed by atoms with Crippen LogP contribution in [0.15, 0.2) is 65.6 Å². The van der Waals surface area contributed by atoms with Crippen LogP contribution >= 0.6 is 0 Å². The zero-order valence-corrected chi connectivity index (χ0v) is 22.6. The van der Waals surface area contributed by atoms with Crippen molar-refractivity contribution >= 4 is 21.6 Å². The Kier molecular flexibility index (Phi) is 6.88. The van der Waals surface area contributed by atoms with E-state index in [0.717, 1.165) is 33.6 Å². The molecule has 1 aliphatic heterocycles. The second kappa shape index (κ2) is 9.62. The number of hydrogen-bond acceptors (Lipinski definition) is 4. The van der Waals surface area contributed by atoms with Crippen molar-refractivity contribution in [2.75, 3.05) is 10.8 Å². The van der Waals surface area contributed by atoms with Crippen LogP contribution in [0, 0.1) is 27.7 Å². The van der Waals surface area contributed by atoms with E-state index < -0.39 is 15.6 Å². The minimum absolute atomic E-state index is 0.148. The van der Waals surface area contributed by atoms with Crippen molar-refractivity contribution in [3.05, 3.63) is 88.5 Å². The molecule has 0 fully saturated rings. The number of amides is 1. The Labute approximate surface area is 214 Å². The number of benzene rings is 3. The number of hydrogen-bond donors (Lipinski definition) is 1. The summed E-state index contributed by atoms with van der Waals surface area (Å²) in [5.41, 5.74) is 4.64. The lowest BCUT2D eigenvalue weighted by atomic mass is 9.89. The fourth-order valence-electron chi connectivity index (χ4n) is 4.60. The zero-order valence-electron chi connectivity index (χ0n) is 21.8. The first-order valence-electron chi connectivity index (χ1n) is 12.1. The number of fused-ring (bicyclic) bond motifs is 1. The number of carbonyl (C=O) groups excluding carboxylic acids is 1. The topological polar surface area (TPSA) is 75.7 Å². The first kappa shape index (κ1) is 25.8. The summed E-state index contributed by atoms with van der Waals surface area (Å²) in [7, 11) is -3.99. The van der Waals surface area contributed by atoms with Gasteiger partial charge in [-0.2, -0.15) is 0 Å². The van der Waals surface area contributed by atoms with Gasteiger partial charge >= 0.3 is 0 Å². The zero-order chi connectivity index (χ0) is 26.3. The third kappa shape index (κ3) is 5.41. The van der Waals surface area contributed by atoms with Crippen molar-refractivity contribution in [1.82, 2.24) is 5.32 Å². The Balaban J connectivity index is 1.69. The molecule has 1 heterocycles. The number of ether oxygens (including phenoxy) is 1. The van der Waals surface area contributed by atoms with E-state index in [0.29, 0.717) is 12.1 Å². The maximum atomic E-state index is 13.8. The molecule has 0 aromatic heterocycles. The van der Waals surface area contributed by atoms with Crippen LogP contribution in [0.2, 0.25) is 0 Å². The molecular weight excluding hydrogens is 472 g/mol. The largest absolute Gasteiger partial charge is 0.487 e. The van der Waals surface area contributed by atoms with Crippen LogP contribution in [0.1, 0.15) is 54.1 Å². The van der Waals surface area contributed by atoms with E-state index in [1.165, 1.54) is 4.31 Å². The molecule has 1 aliphatic rings. The monoisotopic (exact) mass is 506 g/mol. The highest BCUT2D eigenvalue weighted by Crippen LogP contribution is 2.40. The van der Waals surface area contributed by atoms with Gasteiger partial charge in [0.2, 0.25) is 5.91 Å². The molecule has 6 nitrogen and oxygen atoms in total. The Hall–Kier alpha value is -3.32. The number of anilines is 1. The quantitative estimate of drug-likeness (QED) is 0.477. The lowest BCUT2D eigenvalue weighted by Gasteiger charge is -2.38. The lowest BCUT2D eigenvalue weighted by Crippen LogP contribution is -2.45. The standard InChI is InChI=1S/C29H34N2O4S/c1-19-8-12-23(13-9-19)36(33,34)31(26-16-21(3)7-11-22(26)4)18-28(32)30-25-17-29(5,6)35-27-14-10-20(2)15-24(25)27/h7-16,25H,17-18H2,1-6H3,(H,30,32). The Morgan fingerprint density at radius 3 is 2.25 bits per heavy atom. The van der Waals surface area contributed by atoms with Crippen molar-refractivity contribution in [2.24, 2.45) is 0 Å². The third-order valence-electron chi connectivity index (χ3n) is 6.49. The Morgan fingerprint density at radius 1 is 0.944 bits per heavy atom. The van der Waals surface area contributed by atoms with Crippen LogP contribution in [-0.2, 0) is 14.8 Å². The molecule has 4 rings (SSSR count). The highest BCUT2D eigenvalue weighted by atomic mass is 32.2. The predicted octanol–water partition coefficient (Wildman–Crippen LogP) is 5.53. The summed E-state index contributed by atoms with van der Waals surface area (Å²) in [5, 5.41) is 3.10. The lowest BCUT2D eigenvalue weighted by molar-refractivity contribution is -0.120. The molecule has 190 valence electrons. The van der Waals surface area contributed by atoms with Crippen LogP contribution in [0.3, 0.4) is 0 Å². The van der Waals surface area contributed by atoms with E-state index in [2.05, 4.69) is 5.32 Å². The Morgan fingerprint density at radius 2 is 1.56 bits per heavy atom. The molecule has 1 atom stereocenters. The van der Waals surface area contributed by atoms with Gasteiger partial charge in [0.25, 0.3) is 10.0 Å². The van der Waals surface area contributed by atoms with E-state index in [1.54, 1.807) is 24.3 Å². The maximum Gasteiger partial charge on any atom is 0.264 e. The Bertz CT molecular complexity index is 1400. The molecule has 0 radical (unpaired) electrons. The molecule has 1 N–H and O–H groups in total. The van der Waals surface area contributed by atoms with Gasteiger partial charge in [-0.25, -0.2) is 8.42 Å². The normalized spacial score (nSPS) is 16.6. The molecule has 0 saturated carbocycles. The first-order chi connectivity index (χ1) is 16.9. The predicted molar refractivity (Wildman–Crippen MR) is 143 cm³/mol. The van der Waals surface area contributed by atoms with Crippen LogP contribution in [0.25, 0.3) is 0 Å². The van der Waals surface area contributed by atoms with Crippen molar-refractivity contribution in [2.45, 2.75) is 64.5 Å². The van der Waals surface area contributed by atoms with Gasteiger partial charge in [-0.05, 0) is 76.9 Å². The summed E-state index contributed by atoms with van der Waals surface area (Å²) in [6, 6.07) is 17.9. The van der Waals surface area contributed by atoms with Gasteiger partial charge in [0.1, 0.15) is 17.9 Å². The molecular formula is C29H34N2O4S. The van der Waals surface area contributed by atoms with Crippen molar-refractivity contribution in [3.63, 3.8) is 0 Å². The van der Waals surface area contributed by atoms with Gasteiger partial charge in [0.05, 0.1) is 16.6 Å². The summed E-state index contributed by atoms with van der Waals surface area (Å²) in [6.07, 6.45) is 0.573. The number of carbonyl (C=O) groups is 1. The molecule has 36 heavy (non-hydrogen) atoms. The van der Waals surface area contributed by atoms with Gasteiger partial charge in [0.15, 0.2) is 0 Å². The summed E-state index contributed by atoms with van der Waals surface area (Å²) < 4.78 is 35.0. The first-order valence-corrected chi connectivity index (χ1v) is 13.6. The minimum atomic E-state index is -3.99. The van der Waals surface area contributed by atoms with E-state index in [4.69, 9.17) is 4.74 Å². The molecule has 3 aromatic rings. The molecule has 1 amide bonds. The van der Waals surface area contributed by atoms with Crippen molar-refractivity contribution in [3.8, 4) is 5.75 Å². The molecule has 1 unspecified atom stereocenters. The average molecular weight is 507 g/mol. The highest BCUT2D eigenvalue weighted by molar-refractivity contribution is 7.92. The van der Waals surface area contributed by atoms with Crippen molar-refractivity contribution < 1.29 is 17.9 Å². The second-order valence-corrected chi connectivity index (χ2v) is 12.2. The number of nitrogens with zero attached hydrogens (tertiary/aromatic N) is 1. The van der Waals surface area contributed by atoms with Crippen LogP contribution in [0.4, 0.5) is 5.69 Å². The van der Waals surface area contributed by atoms with E-state index in [1.807, 2.05) is 77.9 Å². The molecule has 0 bridgehead atoms. The number of sulfonamides is 1. The molecule has 0 aliphatic carbocycles. The summed E-state index contributed by atoms with van der Waals surface area (Å²) in [4.78, 5) is 13.6. The fraction of sp³-hybridized carbons (Fsp3) is 0.345. The van der Waals surface area contributed by atoms with Gasteiger partial charge < -0.3 is 10.1 Å². The van der Waals surface area contributed by atoms with E-state index in [9.17, 15) is 13.2 Å². The van der Waals surface area contributed by atoms with Crippen molar-refractivity contribution in [1.29, 1.82) is 0 Å².